The minimum Gasteiger partial charge on any atom is -0.493 e. The first-order chi connectivity index (χ1) is 7.68. The van der Waals surface area contributed by atoms with E-state index in [9.17, 15) is 0 Å². The van der Waals surface area contributed by atoms with E-state index in [4.69, 9.17) is 25.8 Å². The summed E-state index contributed by atoms with van der Waals surface area (Å²) < 4.78 is 16.5. The summed E-state index contributed by atoms with van der Waals surface area (Å²) in [5, 5.41) is 0.710. The Bertz CT molecular complexity index is 331. The molecule has 0 amide bonds. The maximum atomic E-state index is 5.78. The van der Waals surface area contributed by atoms with Gasteiger partial charge in [-0.05, 0) is 31.2 Å². The van der Waals surface area contributed by atoms with Crippen molar-refractivity contribution in [3.63, 3.8) is 0 Å². The van der Waals surface area contributed by atoms with Crippen LogP contribution < -0.4 is 4.74 Å². The zero-order chi connectivity index (χ0) is 11.4. The molecule has 1 aliphatic heterocycles. The molecule has 2 rings (SSSR count). The molecular weight excluding hydrogens is 228 g/mol. The maximum Gasteiger partial charge on any atom is 0.168 e. The van der Waals surface area contributed by atoms with Crippen LogP contribution in [0.5, 0.6) is 5.75 Å². The number of hydrogen-bond donors (Lipinski definition) is 0. The van der Waals surface area contributed by atoms with Crippen LogP contribution in [0, 0.1) is 0 Å². The van der Waals surface area contributed by atoms with Gasteiger partial charge in [0, 0.05) is 11.4 Å². The molecule has 0 spiro atoms. The summed E-state index contributed by atoms with van der Waals surface area (Å²) in [6, 6.07) is 7.31. The smallest absolute Gasteiger partial charge is 0.168 e. The summed E-state index contributed by atoms with van der Waals surface area (Å²) in [6.45, 7) is 3.83. The van der Waals surface area contributed by atoms with Crippen molar-refractivity contribution in [3.8, 4) is 5.75 Å². The molecule has 0 atom stereocenters. The van der Waals surface area contributed by atoms with E-state index in [2.05, 4.69) is 0 Å². The highest BCUT2D eigenvalue weighted by molar-refractivity contribution is 6.30. The Morgan fingerprint density at radius 1 is 1.25 bits per heavy atom. The average molecular weight is 243 g/mol. The topological polar surface area (TPSA) is 27.7 Å². The second-order valence-corrected chi connectivity index (χ2v) is 4.32. The Morgan fingerprint density at radius 3 is 2.50 bits per heavy atom. The molecule has 0 aliphatic carbocycles. The van der Waals surface area contributed by atoms with Crippen LogP contribution in [0.4, 0.5) is 0 Å². The van der Waals surface area contributed by atoms with Crippen LogP contribution in [0.1, 0.15) is 13.3 Å². The Morgan fingerprint density at radius 2 is 1.88 bits per heavy atom. The molecule has 0 saturated carbocycles. The molecule has 88 valence electrons. The number of benzene rings is 1. The van der Waals surface area contributed by atoms with E-state index in [-0.39, 0.29) is 0 Å². The van der Waals surface area contributed by atoms with Crippen LogP contribution >= 0.6 is 11.6 Å². The summed E-state index contributed by atoms with van der Waals surface area (Å²) in [4.78, 5) is 0. The van der Waals surface area contributed by atoms with E-state index in [1.54, 1.807) is 12.1 Å². The first kappa shape index (κ1) is 11.7. The molecule has 3 nitrogen and oxygen atoms in total. The molecule has 1 aromatic carbocycles. The molecule has 0 bridgehead atoms. The molecule has 0 radical (unpaired) electrons. The fourth-order valence-corrected chi connectivity index (χ4v) is 1.71. The first-order valence-electron chi connectivity index (χ1n) is 5.34. The van der Waals surface area contributed by atoms with Gasteiger partial charge in [-0.1, -0.05) is 11.6 Å². The molecule has 1 saturated heterocycles. The van der Waals surface area contributed by atoms with Crippen molar-refractivity contribution in [1.29, 1.82) is 0 Å². The van der Waals surface area contributed by atoms with Crippen LogP contribution in [0.25, 0.3) is 0 Å². The van der Waals surface area contributed by atoms with Crippen LogP contribution in [0.3, 0.4) is 0 Å². The van der Waals surface area contributed by atoms with Gasteiger partial charge in [0.15, 0.2) is 5.79 Å². The molecule has 0 unspecified atom stereocenters. The van der Waals surface area contributed by atoms with Gasteiger partial charge in [-0.2, -0.15) is 0 Å². The van der Waals surface area contributed by atoms with Gasteiger partial charge in [-0.25, -0.2) is 0 Å². The fraction of sp³-hybridized carbons (Fsp3) is 0.500. The lowest BCUT2D eigenvalue weighted by atomic mass is 10.2. The molecular formula is C12H15ClO3. The molecule has 1 aromatic rings. The van der Waals surface area contributed by atoms with Gasteiger partial charge < -0.3 is 14.2 Å². The van der Waals surface area contributed by atoms with E-state index >= 15 is 0 Å². The lowest BCUT2D eigenvalue weighted by Gasteiger charge is -2.21. The Balaban J connectivity index is 1.77. The lowest BCUT2D eigenvalue weighted by Crippen LogP contribution is -2.27. The van der Waals surface area contributed by atoms with Crippen molar-refractivity contribution in [2.24, 2.45) is 0 Å². The SMILES string of the molecule is CC1(CCOc2ccc(Cl)cc2)OCCO1. The van der Waals surface area contributed by atoms with Gasteiger partial charge in [0.05, 0.1) is 19.8 Å². The van der Waals surface area contributed by atoms with Gasteiger partial charge >= 0.3 is 0 Å². The molecule has 16 heavy (non-hydrogen) atoms. The summed E-state index contributed by atoms with van der Waals surface area (Å²) in [7, 11) is 0. The van der Waals surface area contributed by atoms with Crippen molar-refractivity contribution < 1.29 is 14.2 Å². The van der Waals surface area contributed by atoms with Gasteiger partial charge in [-0.3, -0.25) is 0 Å². The second kappa shape index (κ2) is 5.04. The largest absolute Gasteiger partial charge is 0.493 e. The number of halogens is 1. The fourth-order valence-electron chi connectivity index (χ4n) is 1.59. The predicted molar refractivity (Wildman–Crippen MR) is 61.9 cm³/mol. The Labute approximate surface area is 100 Å². The molecule has 1 fully saturated rings. The minimum atomic E-state index is -0.480. The molecule has 0 aromatic heterocycles. The zero-order valence-corrected chi connectivity index (χ0v) is 10.00. The highest BCUT2D eigenvalue weighted by Crippen LogP contribution is 2.23. The quantitative estimate of drug-likeness (QED) is 0.813. The van der Waals surface area contributed by atoms with Crippen molar-refractivity contribution in [3.05, 3.63) is 29.3 Å². The third-order valence-corrected chi connectivity index (χ3v) is 2.79. The number of rotatable bonds is 4. The molecule has 1 aliphatic rings. The number of ether oxygens (including phenoxy) is 3. The maximum absolute atomic E-state index is 5.78. The zero-order valence-electron chi connectivity index (χ0n) is 9.24. The summed E-state index contributed by atoms with van der Waals surface area (Å²) >= 11 is 5.78. The van der Waals surface area contributed by atoms with Gasteiger partial charge in [0.2, 0.25) is 0 Å². The standard InChI is InChI=1S/C12H15ClO3/c1-12(15-8-9-16-12)6-7-14-11-4-2-10(13)3-5-11/h2-5H,6-9H2,1H3. The highest BCUT2D eigenvalue weighted by atomic mass is 35.5. The molecule has 0 N–H and O–H groups in total. The van der Waals surface area contributed by atoms with Gasteiger partial charge in [-0.15, -0.1) is 0 Å². The van der Waals surface area contributed by atoms with E-state index in [0.717, 1.165) is 12.2 Å². The van der Waals surface area contributed by atoms with Crippen LogP contribution in [-0.4, -0.2) is 25.6 Å². The van der Waals surface area contributed by atoms with Gasteiger partial charge in [0.25, 0.3) is 0 Å². The second-order valence-electron chi connectivity index (χ2n) is 3.88. The average Bonchev–Trinajstić information content (AvgIpc) is 2.69. The normalized spacial score (nSPS) is 18.6. The van der Waals surface area contributed by atoms with Crippen molar-refractivity contribution >= 4 is 11.6 Å². The Hall–Kier alpha value is -0.770. The van der Waals surface area contributed by atoms with Gasteiger partial charge in [0.1, 0.15) is 5.75 Å². The van der Waals surface area contributed by atoms with E-state index in [0.29, 0.717) is 24.8 Å². The van der Waals surface area contributed by atoms with Crippen molar-refractivity contribution in [2.75, 3.05) is 19.8 Å². The Kier molecular flexibility index (Phi) is 3.69. The monoisotopic (exact) mass is 242 g/mol. The van der Waals surface area contributed by atoms with E-state index < -0.39 is 5.79 Å². The molecule has 4 heteroatoms. The third kappa shape index (κ3) is 3.11. The summed E-state index contributed by atoms with van der Waals surface area (Å²) in [5.41, 5.74) is 0. The van der Waals surface area contributed by atoms with E-state index in [1.807, 2.05) is 19.1 Å². The van der Waals surface area contributed by atoms with Crippen molar-refractivity contribution in [2.45, 2.75) is 19.1 Å². The van der Waals surface area contributed by atoms with E-state index in [1.165, 1.54) is 0 Å². The first-order valence-corrected chi connectivity index (χ1v) is 5.72. The minimum absolute atomic E-state index is 0.480. The number of hydrogen-bond acceptors (Lipinski definition) is 3. The van der Waals surface area contributed by atoms with Crippen LogP contribution in [0.2, 0.25) is 5.02 Å². The predicted octanol–water partition coefficient (Wildman–Crippen LogP) is 2.87. The molecule has 1 heterocycles. The summed E-state index contributed by atoms with van der Waals surface area (Å²) in [5.74, 6) is 0.331. The lowest BCUT2D eigenvalue weighted by molar-refractivity contribution is -0.150. The summed E-state index contributed by atoms with van der Waals surface area (Å²) in [6.07, 6.45) is 0.718. The van der Waals surface area contributed by atoms with Crippen molar-refractivity contribution in [1.82, 2.24) is 0 Å². The van der Waals surface area contributed by atoms with Crippen LogP contribution in [0.15, 0.2) is 24.3 Å². The van der Waals surface area contributed by atoms with Crippen LogP contribution in [-0.2, 0) is 9.47 Å². The third-order valence-electron chi connectivity index (χ3n) is 2.54. The highest BCUT2D eigenvalue weighted by Gasteiger charge is 2.30.